The third-order valence-electron chi connectivity index (χ3n) is 2.63. The molecule has 0 spiro atoms. The van der Waals surface area contributed by atoms with E-state index in [0.717, 1.165) is 10.7 Å². The summed E-state index contributed by atoms with van der Waals surface area (Å²) in [5.74, 6) is -0.801. The largest absolute Gasteiger partial charge is 0.467 e. The smallest absolute Gasteiger partial charge is 0.328 e. The van der Waals surface area contributed by atoms with E-state index in [1.807, 2.05) is 33.1 Å². The van der Waals surface area contributed by atoms with Crippen molar-refractivity contribution in [2.75, 3.05) is 7.11 Å². The van der Waals surface area contributed by atoms with Gasteiger partial charge in [-0.3, -0.25) is 4.79 Å². The molecule has 0 radical (unpaired) electrons. The van der Waals surface area contributed by atoms with Crippen LogP contribution >= 0.6 is 11.3 Å². The van der Waals surface area contributed by atoms with Crippen molar-refractivity contribution in [1.82, 2.24) is 10.3 Å². The Hall–Kier alpha value is -1.69. The lowest BCUT2D eigenvalue weighted by atomic mass is 9.86. The Morgan fingerprint density at radius 1 is 1.45 bits per heavy atom. The van der Waals surface area contributed by atoms with Crippen molar-refractivity contribution in [3.8, 4) is 0 Å². The highest BCUT2D eigenvalue weighted by Gasteiger charge is 2.33. The zero-order valence-electron chi connectivity index (χ0n) is 12.4. The maximum Gasteiger partial charge on any atom is 0.328 e. The van der Waals surface area contributed by atoms with Gasteiger partial charge in [0.1, 0.15) is 6.04 Å². The van der Waals surface area contributed by atoms with Crippen molar-refractivity contribution in [3.05, 3.63) is 22.2 Å². The first-order valence-electron chi connectivity index (χ1n) is 6.22. The molecule has 1 aromatic rings. The normalized spacial score (nSPS) is 13.2. The highest BCUT2D eigenvalue weighted by molar-refractivity contribution is 7.09. The van der Waals surface area contributed by atoms with Gasteiger partial charge in [0.25, 0.3) is 0 Å². The highest BCUT2D eigenvalue weighted by atomic mass is 32.1. The van der Waals surface area contributed by atoms with Gasteiger partial charge in [0.2, 0.25) is 5.91 Å². The van der Waals surface area contributed by atoms with Crippen molar-refractivity contribution in [3.63, 3.8) is 0 Å². The molecule has 1 amide bonds. The molecule has 110 valence electrons. The van der Waals surface area contributed by atoms with Crippen molar-refractivity contribution < 1.29 is 14.3 Å². The predicted molar refractivity (Wildman–Crippen MR) is 79.3 cm³/mol. The first-order valence-corrected chi connectivity index (χ1v) is 7.10. The monoisotopic (exact) mass is 296 g/mol. The molecule has 1 heterocycles. The molecule has 1 N–H and O–H groups in total. The summed E-state index contributed by atoms with van der Waals surface area (Å²) in [4.78, 5) is 27.8. The van der Waals surface area contributed by atoms with Gasteiger partial charge in [-0.05, 0) is 18.4 Å². The molecule has 20 heavy (non-hydrogen) atoms. The SMILES string of the molecule is COC(=O)[C@@H](NC(=O)/C=C\c1csc(C)n1)C(C)(C)C. The van der Waals surface area contributed by atoms with E-state index >= 15 is 0 Å². The van der Waals surface area contributed by atoms with E-state index in [1.165, 1.54) is 24.5 Å². The third-order valence-corrected chi connectivity index (χ3v) is 3.42. The number of methoxy groups -OCH3 is 1. The Bertz CT molecular complexity index is 515. The molecule has 0 fully saturated rings. The number of amides is 1. The number of thiazole rings is 1. The van der Waals surface area contributed by atoms with Crippen LogP contribution in [-0.4, -0.2) is 30.0 Å². The van der Waals surface area contributed by atoms with Crippen LogP contribution in [0.15, 0.2) is 11.5 Å². The van der Waals surface area contributed by atoms with Crippen molar-refractivity contribution in [1.29, 1.82) is 0 Å². The van der Waals surface area contributed by atoms with Crippen molar-refractivity contribution >= 4 is 29.3 Å². The summed E-state index contributed by atoms with van der Waals surface area (Å²) in [6, 6.07) is -0.693. The molecule has 0 saturated carbocycles. The number of ether oxygens (including phenoxy) is 1. The topological polar surface area (TPSA) is 68.3 Å². The van der Waals surface area contributed by atoms with E-state index in [-0.39, 0.29) is 5.91 Å². The fourth-order valence-electron chi connectivity index (χ4n) is 1.55. The summed E-state index contributed by atoms with van der Waals surface area (Å²) < 4.78 is 4.72. The number of carbonyl (C=O) groups is 2. The van der Waals surface area contributed by atoms with Gasteiger partial charge in [-0.15, -0.1) is 11.3 Å². The molecule has 0 aliphatic heterocycles. The van der Waals surface area contributed by atoms with Gasteiger partial charge < -0.3 is 10.1 Å². The molecule has 0 aliphatic rings. The van der Waals surface area contributed by atoms with E-state index in [1.54, 1.807) is 6.08 Å². The fraction of sp³-hybridized carbons (Fsp3) is 0.500. The van der Waals surface area contributed by atoms with Gasteiger partial charge in [0.05, 0.1) is 17.8 Å². The van der Waals surface area contributed by atoms with Crippen molar-refractivity contribution in [2.45, 2.75) is 33.7 Å². The van der Waals surface area contributed by atoms with E-state index in [4.69, 9.17) is 4.74 Å². The first-order chi connectivity index (χ1) is 9.24. The van der Waals surface area contributed by atoms with Crippen LogP contribution in [0.4, 0.5) is 0 Å². The second kappa shape index (κ2) is 6.65. The minimum atomic E-state index is -0.693. The Morgan fingerprint density at radius 3 is 2.55 bits per heavy atom. The van der Waals surface area contributed by atoms with Gasteiger partial charge in [-0.2, -0.15) is 0 Å². The number of aryl methyl sites for hydroxylation is 1. The molecule has 5 nitrogen and oxygen atoms in total. The second-order valence-corrected chi connectivity index (χ2v) is 6.52. The van der Waals surface area contributed by atoms with Crippen LogP contribution in [-0.2, 0) is 14.3 Å². The van der Waals surface area contributed by atoms with Gasteiger partial charge in [-0.1, -0.05) is 20.8 Å². The molecular weight excluding hydrogens is 276 g/mol. The molecule has 1 rings (SSSR count). The van der Waals surface area contributed by atoms with Gasteiger partial charge in [-0.25, -0.2) is 9.78 Å². The maximum absolute atomic E-state index is 11.9. The van der Waals surface area contributed by atoms with Crippen molar-refractivity contribution in [2.24, 2.45) is 5.41 Å². The number of nitrogens with zero attached hydrogens (tertiary/aromatic N) is 1. The number of hydrogen-bond donors (Lipinski definition) is 1. The summed E-state index contributed by atoms with van der Waals surface area (Å²) in [7, 11) is 1.31. The first kappa shape index (κ1) is 16.4. The lowest BCUT2D eigenvalue weighted by Crippen LogP contribution is -2.49. The quantitative estimate of drug-likeness (QED) is 0.683. The highest BCUT2D eigenvalue weighted by Crippen LogP contribution is 2.20. The third kappa shape index (κ3) is 4.77. The number of hydrogen-bond acceptors (Lipinski definition) is 5. The van der Waals surface area contributed by atoms with E-state index in [9.17, 15) is 9.59 Å². The average Bonchev–Trinajstić information content (AvgIpc) is 2.77. The molecule has 1 aromatic heterocycles. The molecule has 0 aliphatic carbocycles. The minimum Gasteiger partial charge on any atom is -0.467 e. The van der Waals surface area contributed by atoms with Crippen LogP contribution < -0.4 is 5.32 Å². The van der Waals surface area contributed by atoms with E-state index < -0.39 is 17.4 Å². The van der Waals surface area contributed by atoms with Crippen LogP contribution in [0.25, 0.3) is 6.08 Å². The molecule has 0 unspecified atom stereocenters. The number of nitrogens with one attached hydrogen (secondary N) is 1. The van der Waals surface area contributed by atoms with Gasteiger partial charge in [0, 0.05) is 11.5 Å². The second-order valence-electron chi connectivity index (χ2n) is 5.46. The van der Waals surface area contributed by atoms with E-state index in [0.29, 0.717) is 0 Å². The standard InChI is InChI=1S/C14H20N2O3S/c1-9-15-10(8-20-9)6-7-11(17)16-12(13(18)19-5)14(2,3)4/h6-8,12H,1-5H3,(H,16,17)/b7-6-/t12-/m1/s1. The Balaban J connectivity index is 2.72. The molecule has 0 aromatic carbocycles. The van der Waals surface area contributed by atoms with Crippen LogP contribution in [0, 0.1) is 12.3 Å². The summed E-state index contributed by atoms with van der Waals surface area (Å²) in [5.41, 5.74) is 0.307. The number of aromatic nitrogens is 1. The van der Waals surface area contributed by atoms with Crippen LogP contribution in [0.1, 0.15) is 31.5 Å². The fourth-order valence-corrected chi connectivity index (χ4v) is 2.14. The van der Waals surface area contributed by atoms with Crippen LogP contribution in [0.5, 0.6) is 0 Å². The summed E-state index contributed by atoms with van der Waals surface area (Å²) >= 11 is 1.51. The Labute approximate surface area is 123 Å². The van der Waals surface area contributed by atoms with Gasteiger partial charge >= 0.3 is 5.97 Å². The number of carbonyl (C=O) groups excluding carboxylic acids is 2. The molecule has 0 saturated heterocycles. The lowest BCUT2D eigenvalue weighted by Gasteiger charge is -2.28. The zero-order valence-corrected chi connectivity index (χ0v) is 13.2. The minimum absolute atomic E-state index is 0.346. The molecular formula is C14H20N2O3S. The summed E-state index contributed by atoms with van der Waals surface area (Å²) in [6.07, 6.45) is 2.99. The summed E-state index contributed by atoms with van der Waals surface area (Å²) in [5, 5.41) is 5.46. The van der Waals surface area contributed by atoms with Gasteiger partial charge in [0.15, 0.2) is 0 Å². The molecule has 6 heteroatoms. The Morgan fingerprint density at radius 2 is 2.10 bits per heavy atom. The number of rotatable bonds is 4. The average molecular weight is 296 g/mol. The maximum atomic E-state index is 11.9. The zero-order chi connectivity index (χ0) is 15.3. The van der Waals surface area contributed by atoms with Crippen LogP contribution in [0.3, 0.4) is 0 Å². The molecule has 0 bridgehead atoms. The number of esters is 1. The predicted octanol–water partition coefficient (Wildman–Crippen LogP) is 2.17. The summed E-state index contributed by atoms with van der Waals surface area (Å²) in [6.45, 7) is 7.49. The van der Waals surface area contributed by atoms with E-state index in [2.05, 4.69) is 10.3 Å². The molecule has 1 atom stereocenters. The lowest BCUT2D eigenvalue weighted by molar-refractivity contribution is -0.147. The Kier molecular flexibility index (Phi) is 5.44. The van der Waals surface area contributed by atoms with Crippen LogP contribution in [0.2, 0.25) is 0 Å².